The maximum atomic E-state index is 5.11. The van der Waals surface area contributed by atoms with Crippen LogP contribution in [0.1, 0.15) is 22.8 Å². The average molecular weight is 627 g/mol. The van der Waals surface area contributed by atoms with Crippen LogP contribution in [0.25, 0.3) is 0 Å². The van der Waals surface area contributed by atoms with Crippen LogP contribution < -0.4 is 0 Å². The van der Waals surface area contributed by atoms with Crippen molar-refractivity contribution in [1.29, 1.82) is 0 Å². The maximum absolute atomic E-state index is 5.11. The number of hydrogen-bond acceptors (Lipinski definition) is 10. The van der Waals surface area contributed by atoms with E-state index in [-0.39, 0.29) is 16.5 Å². The zero-order valence-corrected chi connectivity index (χ0v) is 25.5. The molecule has 0 aliphatic carbocycles. The summed E-state index contributed by atoms with van der Waals surface area (Å²) in [5, 5.41) is 17.3. The minimum atomic E-state index is 0. The van der Waals surface area contributed by atoms with Gasteiger partial charge in [-0.25, -0.2) is 0 Å². The van der Waals surface area contributed by atoms with E-state index >= 15 is 0 Å². The minimum absolute atomic E-state index is 0. The summed E-state index contributed by atoms with van der Waals surface area (Å²) in [5.41, 5.74) is 4.01. The van der Waals surface area contributed by atoms with Gasteiger partial charge < -0.3 is 35.1 Å². The molecule has 0 aliphatic heterocycles. The van der Waals surface area contributed by atoms with Gasteiger partial charge in [0.05, 0.1) is 22.8 Å². The van der Waals surface area contributed by atoms with Crippen LogP contribution in [-0.4, -0.2) is 79.7 Å². The standard InChI is InChI=1S/2C14H15N5S.Ni/c2*1-19(2)14(20)18-17-13(11-7-3-5-9-15-11)12-8-4-6-10-16-12;/h2*3-10H,1-2H3,(H,18,20);/q;;+2/p-2. The van der Waals surface area contributed by atoms with Gasteiger partial charge in [0.1, 0.15) is 11.4 Å². The van der Waals surface area contributed by atoms with Crippen molar-refractivity contribution in [3.63, 3.8) is 0 Å². The normalized spacial score (nSPS) is 10.7. The Kier molecular flexibility index (Phi) is 14.1. The number of nitrogens with zero attached hydrogens (tertiary/aromatic N) is 10. The minimum Gasteiger partial charge on any atom is -0.741 e. The quantitative estimate of drug-likeness (QED) is 0.105. The molecule has 13 heteroatoms. The van der Waals surface area contributed by atoms with Gasteiger partial charge in [-0.2, -0.15) is 10.2 Å². The Labute approximate surface area is 261 Å². The fourth-order valence-corrected chi connectivity index (χ4v) is 2.92. The third kappa shape index (κ3) is 10.7. The van der Waals surface area contributed by atoms with Crippen molar-refractivity contribution in [2.75, 3.05) is 28.2 Å². The van der Waals surface area contributed by atoms with E-state index in [9.17, 15) is 0 Å². The zero-order chi connectivity index (χ0) is 28.7. The van der Waals surface area contributed by atoms with Gasteiger partial charge in [0.25, 0.3) is 0 Å². The molecule has 212 valence electrons. The average Bonchev–Trinajstić information content (AvgIpc) is 2.99. The molecule has 10 nitrogen and oxygen atoms in total. The van der Waals surface area contributed by atoms with E-state index in [0.29, 0.717) is 44.5 Å². The van der Waals surface area contributed by atoms with Crippen LogP contribution in [0.3, 0.4) is 0 Å². The summed E-state index contributed by atoms with van der Waals surface area (Å²) < 4.78 is 0. The smallest absolute Gasteiger partial charge is 0.741 e. The van der Waals surface area contributed by atoms with Gasteiger partial charge in [0, 0.05) is 63.3 Å². The van der Waals surface area contributed by atoms with Crippen molar-refractivity contribution >= 4 is 47.0 Å². The van der Waals surface area contributed by atoms with Gasteiger partial charge in [-0.1, -0.05) is 24.3 Å². The molecule has 4 aromatic heterocycles. The summed E-state index contributed by atoms with van der Waals surface area (Å²) in [6.45, 7) is 0. The summed E-state index contributed by atoms with van der Waals surface area (Å²) >= 11 is 10.2. The molecule has 0 unspecified atom stereocenters. The summed E-state index contributed by atoms with van der Waals surface area (Å²) in [6.07, 6.45) is 6.83. The molecular weight excluding hydrogens is 599 g/mol. The molecule has 0 saturated heterocycles. The summed E-state index contributed by atoms with van der Waals surface area (Å²) in [5.74, 6) is 0. The van der Waals surface area contributed by atoms with E-state index in [1.807, 2.05) is 101 Å². The predicted octanol–water partition coefficient (Wildman–Crippen LogP) is 3.38. The van der Waals surface area contributed by atoms with Crippen molar-refractivity contribution in [1.82, 2.24) is 29.7 Å². The molecule has 0 amide bonds. The largest absolute Gasteiger partial charge is 2.00 e. The molecule has 41 heavy (non-hydrogen) atoms. The van der Waals surface area contributed by atoms with Crippen LogP contribution in [0.15, 0.2) is 118 Å². The monoisotopic (exact) mass is 626 g/mol. The predicted molar refractivity (Wildman–Crippen MR) is 165 cm³/mol. The van der Waals surface area contributed by atoms with Gasteiger partial charge in [0.2, 0.25) is 0 Å². The Hall–Kier alpha value is -4.19. The number of rotatable bonds is 6. The third-order valence-corrected chi connectivity index (χ3v) is 5.76. The molecule has 4 aromatic rings. The van der Waals surface area contributed by atoms with Crippen LogP contribution in [-0.2, 0) is 41.7 Å². The first kappa shape index (κ1) is 33.0. The first-order valence-corrected chi connectivity index (χ1v) is 12.8. The van der Waals surface area contributed by atoms with E-state index in [0.717, 1.165) is 0 Å². The third-order valence-electron chi connectivity index (χ3n) is 4.87. The van der Waals surface area contributed by atoms with E-state index in [2.05, 4.69) is 40.3 Å². The molecule has 0 radical (unpaired) electrons. The summed E-state index contributed by atoms with van der Waals surface area (Å²) in [7, 11) is 7.29. The summed E-state index contributed by atoms with van der Waals surface area (Å²) in [4.78, 5) is 20.6. The van der Waals surface area contributed by atoms with Crippen LogP contribution in [0.4, 0.5) is 0 Å². The zero-order valence-electron chi connectivity index (χ0n) is 22.8. The molecule has 0 fully saturated rings. The molecule has 4 rings (SSSR count). The first-order chi connectivity index (χ1) is 19.4. The van der Waals surface area contributed by atoms with Crippen molar-refractivity contribution in [2.24, 2.45) is 20.4 Å². The molecule has 0 aromatic carbocycles. The SMILES string of the molecule is CN(C)/C([S-])=N/N=C(c1ccccn1)c1ccccn1.CN(C)/C([S-])=N\N=C(c1ccccn1)c1ccccn1.[Ni+2]. The Morgan fingerprint density at radius 3 is 0.951 bits per heavy atom. The Morgan fingerprint density at radius 1 is 0.488 bits per heavy atom. The fraction of sp³-hybridized carbons (Fsp3) is 0.143. The van der Waals surface area contributed by atoms with Crippen LogP contribution in [0.5, 0.6) is 0 Å². The molecule has 0 atom stereocenters. The number of aromatic nitrogens is 4. The Balaban J connectivity index is 0.000000280. The van der Waals surface area contributed by atoms with Crippen molar-refractivity contribution < 1.29 is 16.5 Å². The van der Waals surface area contributed by atoms with Gasteiger partial charge in [-0.3, -0.25) is 19.9 Å². The fourth-order valence-electron chi connectivity index (χ4n) is 2.84. The first-order valence-electron chi connectivity index (χ1n) is 12.0. The Bertz CT molecular complexity index is 1250. The van der Waals surface area contributed by atoms with E-state index in [1.165, 1.54) is 0 Å². The van der Waals surface area contributed by atoms with Crippen LogP contribution in [0, 0.1) is 0 Å². The van der Waals surface area contributed by atoms with Gasteiger partial charge in [-0.05, 0) is 48.5 Å². The molecule has 0 N–H and O–H groups in total. The van der Waals surface area contributed by atoms with Gasteiger partial charge >= 0.3 is 16.5 Å². The molecule has 0 spiro atoms. The van der Waals surface area contributed by atoms with Crippen LogP contribution in [0.2, 0.25) is 0 Å². The Morgan fingerprint density at radius 2 is 0.756 bits per heavy atom. The number of pyridine rings is 4. The van der Waals surface area contributed by atoms with Gasteiger partial charge in [0.15, 0.2) is 0 Å². The molecule has 4 heterocycles. The van der Waals surface area contributed by atoms with Crippen molar-refractivity contribution in [2.45, 2.75) is 0 Å². The second-order valence-corrected chi connectivity index (χ2v) is 9.04. The molecular formula is C28H28N10NiS2. The maximum Gasteiger partial charge on any atom is 2.00 e. The van der Waals surface area contributed by atoms with Crippen molar-refractivity contribution in [3.8, 4) is 0 Å². The summed E-state index contributed by atoms with van der Waals surface area (Å²) in [6, 6.07) is 22.4. The van der Waals surface area contributed by atoms with E-state index in [1.54, 1.807) is 34.6 Å². The molecule has 0 bridgehead atoms. The molecule has 0 saturated carbocycles. The topological polar surface area (TPSA) is 107 Å². The van der Waals surface area contributed by atoms with Crippen molar-refractivity contribution in [3.05, 3.63) is 120 Å². The van der Waals surface area contributed by atoms with Crippen LogP contribution >= 0.6 is 0 Å². The second kappa shape index (κ2) is 17.5. The second-order valence-electron chi connectivity index (χ2n) is 8.31. The number of amidine groups is 2. The van der Waals surface area contributed by atoms with E-state index < -0.39 is 0 Å². The molecule has 0 aliphatic rings. The van der Waals surface area contributed by atoms with E-state index in [4.69, 9.17) is 25.3 Å². The van der Waals surface area contributed by atoms with Gasteiger partial charge in [-0.15, -0.1) is 10.2 Å². The number of hydrogen-bond donors (Lipinski definition) is 0.